The van der Waals surface area contributed by atoms with Gasteiger partial charge in [0.2, 0.25) is 0 Å². The second kappa shape index (κ2) is 5.35. The molecule has 2 aromatic carbocycles. The van der Waals surface area contributed by atoms with Gasteiger partial charge in [0, 0.05) is 0 Å². The van der Waals surface area contributed by atoms with E-state index in [9.17, 15) is 0 Å². The first kappa shape index (κ1) is 13.5. The first-order chi connectivity index (χ1) is 9.06. The lowest BCUT2D eigenvalue weighted by atomic mass is 9.95. The smallest absolute Gasteiger partial charge is 0.161 e. The molecule has 0 bridgehead atoms. The molecule has 0 atom stereocenters. The molecule has 2 nitrogen and oxygen atoms in total. The van der Waals surface area contributed by atoms with Crippen molar-refractivity contribution in [1.29, 1.82) is 0 Å². The number of hydrogen-bond donors (Lipinski definition) is 0. The Morgan fingerprint density at radius 3 is 2.05 bits per heavy atom. The van der Waals surface area contributed by atoms with Crippen molar-refractivity contribution in [2.75, 3.05) is 14.2 Å². The van der Waals surface area contributed by atoms with E-state index in [0.717, 1.165) is 27.8 Å². The van der Waals surface area contributed by atoms with Gasteiger partial charge in [-0.15, -0.1) is 0 Å². The molecule has 0 saturated heterocycles. The Kier molecular flexibility index (Phi) is 3.79. The van der Waals surface area contributed by atoms with Gasteiger partial charge in [-0.3, -0.25) is 0 Å². The van der Waals surface area contributed by atoms with Gasteiger partial charge >= 0.3 is 0 Å². The van der Waals surface area contributed by atoms with Crippen molar-refractivity contribution in [2.24, 2.45) is 5.92 Å². The minimum atomic E-state index is 0.442. The number of fused-ring (bicyclic) bond motifs is 1. The molecule has 0 aliphatic carbocycles. The van der Waals surface area contributed by atoms with Crippen molar-refractivity contribution in [1.82, 2.24) is 0 Å². The Hall–Kier alpha value is -1.96. The summed E-state index contributed by atoms with van der Waals surface area (Å²) in [7, 11) is 3.30. The minimum absolute atomic E-state index is 0.442. The van der Waals surface area contributed by atoms with Crippen LogP contribution in [0.25, 0.3) is 16.3 Å². The monoisotopic (exact) mass is 256 g/mol. The van der Waals surface area contributed by atoms with Crippen LogP contribution >= 0.6 is 0 Å². The van der Waals surface area contributed by atoms with E-state index in [0.29, 0.717) is 5.92 Å². The molecule has 2 aromatic rings. The van der Waals surface area contributed by atoms with Gasteiger partial charge in [-0.2, -0.15) is 0 Å². The van der Waals surface area contributed by atoms with Gasteiger partial charge in [-0.05, 0) is 46.0 Å². The third-order valence-corrected chi connectivity index (χ3v) is 3.41. The maximum Gasteiger partial charge on any atom is 0.161 e. The molecule has 0 heterocycles. The predicted octanol–water partition coefficient (Wildman–Crippen LogP) is 4.53. The molecule has 0 amide bonds. The normalized spacial score (nSPS) is 10.8. The highest BCUT2D eigenvalue weighted by Gasteiger charge is 2.08. The molecule has 2 heteroatoms. The summed E-state index contributed by atoms with van der Waals surface area (Å²) >= 11 is 0. The highest BCUT2D eigenvalue weighted by atomic mass is 16.5. The summed E-state index contributed by atoms with van der Waals surface area (Å²) in [6.07, 6.45) is 0. The Balaban J connectivity index is 2.57. The molecule has 0 spiro atoms. The van der Waals surface area contributed by atoms with E-state index in [-0.39, 0.29) is 0 Å². The molecular formula is C17H20O2. The summed E-state index contributed by atoms with van der Waals surface area (Å²) in [6.45, 7) is 8.46. The zero-order chi connectivity index (χ0) is 14.0. The summed E-state index contributed by atoms with van der Waals surface area (Å²) in [4.78, 5) is 0. The van der Waals surface area contributed by atoms with Crippen molar-refractivity contribution in [2.45, 2.75) is 13.8 Å². The van der Waals surface area contributed by atoms with Crippen LogP contribution in [-0.2, 0) is 0 Å². The summed E-state index contributed by atoms with van der Waals surface area (Å²) in [5, 5.41) is 2.27. The third kappa shape index (κ3) is 2.58. The lowest BCUT2D eigenvalue weighted by molar-refractivity contribution is 0.356. The molecule has 0 aromatic heterocycles. The van der Waals surface area contributed by atoms with Crippen molar-refractivity contribution < 1.29 is 9.47 Å². The molecule has 0 radical (unpaired) electrons. The van der Waals surface area contributed by atoms with Crippen molar-refractivity contribution in [3.05, 3.63) is 42.5 Å². The number of benzene rings is 2. The summed E-state index contributed by atoms with van der Waals surface area (Å²) in [6, 6.07) is 10.4. The molecule has 0 aliphatic heterocycles. The number of hydrogen-bond acceptors (Lipinski definition) is 2. The zero-order valence-electron chi connectivity index (χ0n) is 12.0. The Bertz CT molecular complexity index is 612. The van der Waals surface area contributed by atoms with Crippen LogP contribution in [0.15, 0.2) is 36.9 Å². The third-order valence-electron chi connectivity index (χ3n) is 3.41. The summed E-state index contributed by atoms with van der Waals surface area (Å²) < 4.78 is 10.7. The van der Waals surface area contributed by atoms with Crippen LogP contribution in [0, 0.1) is 5.92 Å². The first-order valence-corrected chi connectivity index (χ1v) is 6.41. The van der Waals surface area contributed by atoms with E-state index in [1.165, 1.54) is 5.56 Å². The molecule has 0 N–H and O–H groups in total. The number of ether oxygens (including phenoxy) is 2. The largest absolute Gasteiger partial charge is 0.493 e. The zero-order valence-corrected chi connectivity index (χ0v) is 12.0. The van der Waals surface area contributed by atoms with Crippen molar-refractivity contribution in [3.8, 4) is 11.5 Å². The topological polar surface area (TPSA) is 18.5 Å². The van der Waals surface area contributed by atoms with Crippen LogP contribution in [0.4, 0.5) is 0 Å². The van der Waals surface area contributed by atoms with Crippen LogP contribution in [-0.4, -0.2) is 14.2 Å². The fourth-order valence-electron chi connectivity index (χ4n) is 2.11. The van der Waals surface area contributed by atoms with Gasteiger partial charge in [-0.25, -0.2) is 0 Å². The highest BCUT2D eigenvalue weighted by Crippen LogP contribution is 2.33. The molecule has 2 rings (SSSR count). The van der Waals surface area contributed by atoms with E-state index in [4.69, 9.17) is 9.47 Å². The van der Waals surface area contributed by atoms with E-state index in [1.54, 1.807) is 14.2 Å². The van der Waals surface area contributed by atoms with Crippen LogP contribution < -0.4 is 9.47 Å². The summed E-state index contributed by atoms with van der Waals surface area (Å²) in [5.41, 5.74) is 2.33. The molecule has 19 heavy (non-hydrogen) atoms. The fourth-order valence-corrected chi connectivity index (χ4v) is 2.11. The van der Waals surface area contributed by atoms with Crippen LogP contribution in [0.1, 0.15) is 19.4 Å². The SMILES string of the molecule is C=C(c1ccc2cc(OC)c(OC)cc2c1)C(C)C. The minimum Gasteiger partial charge on any atom is -0.493 e. The van der Waals surface area contributed by atoms with Crippen molar-refractivity contribution >= 4 is 16.3 Å². The predicted molar refractivity (Wildman–Crippen MR) is 80.9 cm³/mol. The van der Waals surface area contributed by atoms with Crippen molar-refractivity contribution in [3.63, 3.8) is 0 Å². The molecule has 100 valence electrons. The summed E-state index contributed by atoms with van der Waals surface area (Å²) in [5.74, 6) is 1.95. The number of allylic oxidation sites excluding steroid dienone is 1. The quantitative estimate of drug-likeness (QED) is 0.800. The van der Waals surface area contributed by atoms with Gasteiger partial charge in [0.05, 0.1) is 14.2 Å². The average Bonchev–Trinajstić information content (AvgIpc) is 2.44. The molecule has 0 fully saturated rings. The second-order valence-electron chi connectivity index (χ2n) is 4.95. The van der Waals surface area contributed by atoms with Gasteiger partial charge < -0.3 is 9.47 Å². The lowest BCUT2D eigenvalue weighted by Gasteiger charge is -2.13. The maximum absolute atomic E-state index is 5.34. The van der Waals surface area contributed by atoms with Crippen LogP contribution in [0.2, 0.25) is 0 Å². The second-order valence-corrected chi connectivity index (χ2v) is 4.95. The molecular weight excluding hydrogens is 236 g/mol. The maximum atomic E-state index is 5.34. The van der Waals surface area contributed by atoms with E-state index < -0.39 is 0 Å². The number of methoxy groups -OCH3 is 2. The number of rotatable bonds is 4. The lowest BCUT2D eigenvalue weighted by Crippen LogP contribution is -1.93. The van der Waals surface area contributed by atoms with Gasteiger partial charge in [0.15, 0.2) is 11.5 Å². The molecule has 0 aliphatic rings. The first-order valence-electron chi connectivity index (χ1n) is 6.41. The molecule has 0 saturated carbocycles. The van der Waals surface area contributed by atoms with E-state index >= 15 is 0 Å². The Morgan fingerprint density at radius 2 is 1.53 bits per heavy atom. The Morgan fingerprint density at radius 1 is 0.947 bits per heavy atom. The average molecular weight is 256 g/mol. The van der Waals surface area contributed by atoms with Crippen LogP contribution in [0.5, 0.6) is 11.5 Å². The van der Waals surface area contributed by atoms with Crippen LogP contribution in [0.3, 0.4) is 0 Å². The van der Waals surface area contributed by atoms with Gasteiger partial charge in [0.1, 0.15) is 0 Å². The van der Waals surface area contributed by atoms with E-state index in [1.807, 2.05) is 12.1 Å². The van der Waals surface area contributed by atoms with E-state index in [2.05, 4.69) is 38.6 Å². The molecule has 0 unspecified atom stereocenters. The highest BCUT2D eigenvalue weighted by molar-refractivity contribution is 5.89. The van der Waals surface area contributed by atoms with Gasteiger partial charge in [-0.1, -0.05) is 32.6 Å². The fraction of sp³-hybridized carbons (Fsp3) is 0.294. The standard InChI is InChI=1S/C17H20O2/c1-11(2)12(3)13-6-7-14-9-16(18-4)17(19-5)10-15(14)8-13/h6-11H,3H2,1-2,4-5H3. The van der Waals surface area contributed by atoms with Gasteiger partial charge in [0.25, 0.3) is 0 Å². The Labute approximate surface area is 114 Å².